The van der Waals surface area contributed by atoms with E-state index in [0.717, 1.165) is 37.1 Å². The quantitative estimate of drug-likeness (QED) is 0.594. The summed E-state index contributed by atoms with van der Waals surface area (Å²) in [6, 6.07) is 11.1. The fourth-order valence-electron chi connectivity index (χ4n) is 3.17. The van der Waals surface area contributed by atoms with Gasteiger partial charge in [0.2, 0.25) is 0 Å². The number of benzene rings is 2. The molecule has 0 spiro atoms. The van der Waals surface area contributed by atoms with Gasteiger partial charge in [-0.15, -0.1) is 0 Å². The zero-order valence-electron chi connectivity index (χ0n) is 15.4. The summed E-state index contributed by atoms with van der Waals surface area (Å²) in [5, 5.41) is 14.6. The molecule has 1 fully saturated rings. The molecule has 1 aliphatic heterocycles. The van der Waals surface area contributed by atoms with Crippen LogP contribution in [-0.4, -0.2) is 36.0 Å². The van der Waals surface area contributed by atoms with Crippen LogP contribution < -0.4 is 10.1 Å². The van der Waals surface area contributed by atoms with Gasteiger partial charge in [-0.3, -0.25) is 10.1 Å². The molecule has 0 aliphatic carbocycles. The number of rotatable bonds is 7. The van der Waals surface area contributed by atoms with Crippen LogP contribution in [0.2, 0.25) is 0 Å². The summed E-state index contributed by atoms with van der Waals surface area (Å²) in [5.74, 6) is 0.308. The average Bonchev–Trinajstić information content (AvgIpc) is 2.67. The normalized spacial score (nSPS) is 15.6. The van der Waals surface area contributed by atoms with Crippen LogP contribution in [0.1, 0.15) is 24.0 Å². The SMILES string of the molecule is CN1CCC(NCc2cc([N+](=O)[O-])ccc2OCc2ccc(F)cc2)CC1. The molecule has 1 N–H and O–H groups in total. The first-order valence-corrected chi connectivity index (χ1v) is 9.08. The molecule has 1 aliphatic rings. The van der Waals surface area contributed by atoms with Crippen LogP contribution in [0.25, 0.3) is 0 Å². The van der Waals surface area contributed by atoms with Crippen molar-refractivity contribution in [2.24, 2.45) is 0 Å². The van der Waals surface area contributed by atoms with E-state index >= 15 is 0 Å². The first-order valence-electron chi connectivity index (χ1n) is 9.08. The van der Waals surface area contributed by atoms with Crippen LogP contribution in [-0.2, 0) is 13.2 Å². The lowest BCUT2D eigenvalue weighted by atomic mass is 10.0. The summed E-state index contributed by atoms with van der Waals surface area (Å²) in [6.07, 6.45) is 2.11. The second-order valence-corrected chi connectivity index (χ2v) is 6.92. The largest absolute Gasteiger partial charge is 0.489 e. The van der Waals surface area contributed by atoms with Crippen LogP contribution in [0, 0.1) is 15.9 Å². The average molecular weight is 373 g/mol. The summed E-state index contributed by atoms with van der Waals surface area (Å²) in [5.41, 5.74) is 1.64. The van der Waals surface area contributed by atoms with Crippen molar-refractivity contribution in [2.75, 3.05) is 20.1 Å². The highest BCUT2D eigenvalue weighted by atomic mass is 19.1. The monoisotopic (exact) mass is 373 g/mol. The van der Waals surface area contributed by atoms with Crippen molar-refractivity contribution in [3.05, 3.63) is 69.5 Å². The molecule has 2 aromatic carbocycles. The molecule has 1 heterocycles. The molecule has 0 aromatic heterocycles. The van der Waals surface area contributed by atoms with E-state index in [1.165, 1.54) is 18.2 Å². The van der Waals surface area contributed by atoms with E-state index in [9.17, 15) is 14.5 Å². The summed E-state index contributed by atoms with van der Waals surface area (Å²) in [6.45, 7) is 2.87. The number of non-ortho nitro benzene ring substituents is 1. The van der Waals surface area contributed by atoms with Gasteiger partial charge in [-0.1, -0.05) is 12.1 Å². The van der Waals surface area contributed by atoms with Gasteiger partial charge in [0.25, 0.3) is 5.69 Å². The molecule has 7 heteroatoms. The smallest absolute Gasteiger partial charge is 0.270 e. The highest BCUT2D eigenvalue weighted by molar-refractivity contribution is 5.44. The van der Waals surface area contributed by atoms with Gasteiger partial charge in [0.15, 0.2) is 0 Å². The zero-order valence-corrected chi connectivity index (χ0v) is 15.4. The lowest BCUT2D eigenvalue weighted by molar-refractivity contribution is -0.384. The van der Waals surface area contributed by atoms with Crippen molar-refractivity contribution in [1.29, 1.82) is 0 Å². The van der Waals surface area contributed by atoms with Crippen LogP contribution in [0.3, 0.4) is 0 Å². The van der Waals surface area contributed by atoms with Crippen LogP contribution in [0.15, 0.2) is 42.5 Å². The number of likely N-dealkylation sites (tertiary alicyclic amines) is 1. The van der Waals surface area contributed by atoms with Gasteiger partial charge in [0.1, 0.15) is 18.2 Å². The molecular weight excluding hydrogens is 349 g/mol. The third kappa shape index (κ3) is 5.48. The molecule has 0 bridgehead atoms. The summed E-state index contributed by atoms with van der Waals surface area (Å²) < 4.78 is 18.9. The van der Waals surface area contributed by atoms with E-state index < -0.39 is 4.92 Å². The minimum Gasteiger partial charge on any atom is -0.489 e. The molecule has 2 aromatic rings. The van der Waals surface area contributed by atoms with Crippen molar-refractivity contribution in [1.82, 2.24) is 10.2 Å². The zero-order chi connectivity index (χ0) is 19.2. The van der Waals surface area contributed by atoms with Crippen molar-refractivity contribution in [3.63, 3.8) is 0 Å². The molecule has 6 nitrogen and oxygen atoms in total. The maximum absolute atomic E-state index is 13.0. The molecule has 0 unspecified atom stereocenters. The van der Waals surface area contributed by atoms with E-state index in [2.05, 4.69) is 17.3 Å². The Hall–Kier alpha value is -2.51. The Kier molecular flexibility index (Phi) is 6.36. The Balaban J connectivity index is 1.68. The Bertz CT molecular complexity index is 775. The lowest BCUT2D eigenvalue weighted by Crippen LogP contribution is -2.40. The number of nitrogens with one attached hydrogen (secondary N) is 1. The fourth-order valence-corrected chi connectivity index (χ4v) is 3.17. The molecular formula is C20H24FN3O3. The number of hydrogen-bond donors (Lipinski definition) is 1. The number of ether oxygens (including phenoxy) is 1. The van der Waals surface area contributed by atoms with Gasteiger partial charge in [0.05, 0.1) is 4.92 Å². The Labute approximate surface area is 158 Å². The van der Waals surface area contributed by atoms with Gasteiger partial charge in [-0.2, -0.15) is 0 Å². The third-order valence-corrected chi connectivity index (χ3v) is 4.86. The first kappa shape index (κ1) is 19.3. The Morgan fingerprint density at radius 2 is 1.93 bits per heavy atom. The highest BCUT2D eigenvalue weighted by Crippen LogP contribution is 2.25. The van der Waals surface area contributed by atoms with Crippen LogP contribution >= 0.6 is 0 Å². The molecule has 27 heavy (non-hydrogen) atoms. The number of nitro groups is 1. The van der Waals surface area contributed by atoms with E-state index in [1.54, 1.807) is 24.3 Å². The van der Waals surface area contributed by atoms with Crippen molar-refractivity contribution >= 4 is 5.69 Å². The van der Waals surface area contributed by atoms with Crippen molar-refractivity contribution in [2.45, 2.75) is 32.0 Å². The highest BCUT2D eigenvalue weighted by Gasteiger charge is 2.18. The third-order valence-electron chi connectivity index (χ3n) is 4.86. The minimum absolute atomic E-state index is 0.0457. The number of nitrogens with zero attached hydrogens (tertiary/aromatic N) is 2. The molecule has 3 rings (SSSR count). The number of piperidine rings is 1. The van der Waals surface area contributed by atoms with Gasteiger partial charge in [0, 0.05) is 30.3 Å². The molecule has 0 atom stereocenters. The van der Waals surface area contributed by atoms with E-state index in [-0.39, 0.29) is 18.1 Å². The number of nitro benzene ring substituents is 1. The van der Waals surface area contributed by atoms with E-state index in [4.69, 9.17) is 4.74 Å². The van der Waals surface area contributed by atoms with E-state index in [0.29, 0.717) is 18.3 Å². The molecule has 0 radical (unpaired) electrons. The van der Waals surface area contributed by atoms with Gasteiger partial charge in [-0.25, -0.2) is 4.39 Å². The molecule has 144 valence electrons. The van der Waals surface area contributed by atoms with Gasteiger partial charge in [-0.05, 0) is 56.7 Å². The number of halogens is 1. The second-order valence-electron chi connectivity index (χ2n) is 6.92. The first-order chi connectivity index (χ1) is 13.0. The number of hydrogen-bond acceptors (Lipinski definition) is 5. The van der Waals surface area contributed by atoms with Crippen molar-refractivity contribution < 1.29 is 14.1 Å². The minimum atomic E-state index is -0.400. The van der Waals surface area contributed by atoms with Crippen LogP contribution in [0.4, 0.5) is 10.1 Å². The van der Waals surface area contributed by atoms with Crippen LogP contribution in [0.5, 0.6) is 5.75 Å². The topological polar surface area (TPSA) is 67.6 Å². The molecule has 0 amide bonds. The predicted molar refractivity (Wildman–Crippen MR) is 101 cm³/mol. The van der Waals surface area contributed by atoms with Gasteiger partial charge < -0.3 is 15.0 Å². The Morgan fingerprint density at radius 3 is 2.59 bits per heavy atom. The maximum Gasteiger partial charge on any atom is 0.270 e. The van der Waals surface area contributed by atoms with Crippen molar-refractivity contribution in [3.8, 4) is 5.75 Å². The second kappa shape index (κ2) is 8.92. The van der Waals surface area contributed by atoms with E-state index in [1.807, 2.05) is 0 Å². The summed E-state index contributed by atoms with van der Waals surface area (Å²) in [4.78, 5) is 13.0. The molecule has 1 saturated heterocycles. The molecule has 0 saturated carbocycles. The maximum atomic E-state index is 13.0. The van der Waals surface area contributed by atoms with Gasteiger partial charge >= 0.3 is 0 Å². The fraction of sp³-hybridized carbons (Fsp3) is 0.400. The predicted octanol–water partition coefficient (Wildman–Crippen LogP) is 3.50. The Morgan fingerprint density at radius 1 is 1.22 bits per heavy atom. The summed E-state index contributed by atoms with van der Waals surface area (Å²) in [7, 11) is 2.11. The summed E-state index contributed by atoms with van der Waals surface area (Å²) >= 11 is 0. The lowest BCUT2D eigenvalue weighted by Gasteiger charge is -2.29. The standard InChI is InChI=1S/C20H24FN3O3/c1-23-10-8-18(9-11-23)22-13-16-12-19(24(25)26)6-7-20(16)27-14-15-2-4-17(21)5-3-15/h2-7,12,18,22H,8-11,13-14H2,1H3.